The number of rotatable bonds is 3. The predicted molar refractivity (Wildman–Crippen MR) is 70.4 cm³/mol. The fourth-order valence-electron chi connectivity index (χ4n) is 2.00. The van der Waals surface area contributed by atoms with Crippen LogP contribution >= 0.6 is 11.3 Å². The highest BCUT2D eigenvalue weighted by Crippen LogP contribution is 2.27. The first-order valence-electron chi connectivity index (χ1n) is 5.59. The number of aromatic nitrogens is 3. The molecule has 0 bridgehead atoms. The Morgan fingerprint density at radius 1 is 1.53 bits per heavy atom. The Morgan fingerprint density at radius 2 is 2.41 bits per heavy atom. The summed E-state index contributed by atoms with van der Waals surface area (Å²) < 4.78 is 2.13. The Bertz CT molecular complexity index is 646. The second-order valence-electron chi connectivity index (χ2n) is 4.08. The van der Waals surface area contributed by atoms with E-state index >= 15 is 0 Å². The quantitative estimate of drug-likeness (QED) is 0.744. The lowest BCUT2D eigenvalue weighted by Crippen LogP contribution is -2.02. The van der Waals surface area contributed by atoms with Crippen molar-refractivity contribution in [1.29, 1.82) is 0 Å². The third kappa shape index (κ3) is 1.67. The molecule has 0 aliphatic rings. The summed E-state index contributed by atoms with van der Waals surface area (Å²) in [7, 11) is 0. The van der Waals surface area contributed by atoms with Gasteiger partial charge in [0.15, 0.2) is 4.96 Å². The molecule has 17 heavy (non-hydrogen) atoms. The number of H-pyrrole nitrogens is 1. The summed E-state index contributed by atoms with van der Waals surface area (Å²) in [5, 5.41) is 2.13. The average Bonchev–Trinajstić information content (AvgIpc) is 2.94. The Balaban J connectivity index is 2.14. The number of imidazole rings is 1. The molecule has 0 aliphatic carbocycles. The molecule has 88 valence electrons. The minimum Gasteiger partial charge on any atom is -0.360 e. The van der Waals surface area contributed by atoms with Crippen molar-refractivity contribution in [2.75, 3.05) is 6.54 Å². The van der Waals surface area contributed by atoms with Gasteiger partial charge in [-0.15, -0.1) is 11.3 Å². The van der Waals surface area contributed by atoms with Crippen LogP contribution in [0.5, 0.6) is 0 Å². The van der Waals surface area contributed by atoms with Crippen molar-refractivity contribution in [2.24, 2.45) is 5.73 Å². The number of hydrogen-bond acceptors (Lipinski definition) is 3. The van der Waals surface area contributed by atoms with E-state index in [1.54, 1.807) is 11.3 Å². The van der Waals surface area contributed by atoms with Crippen LogP contribution < -0.4 is 5.73 Å². The van der Waals surface area contributed by atoms with E-state index in [9.17, 15) is 0 Å². The minimum atomic E-state index is 0.641. The van der Waals surface area contributed by atoms with Crippen LogP contribution in [0.4, 0.5) is 0 Å². The first-order valence-corrected chi connectivity index (χ1v) is 6.47. The first kappa shape index (κ1) is 10.6. The van der Waals surface area contributed by atoms with Gasteiger partial charge in [-0.2, -0.15) is 0 Å². The van der Waals surface area contributed by atoms with Gasteiger partial charge >= 0.3 is 0 Å². The second-order valence-corrected chi connectivity index (χ2v) is 4.92. The summed E-state index contributed by atoms with van der Waals surface area (Å²) in [6, 6.07) is 2.08. The molecule has 0 spiro atoms. The fraction of sp³-hybridized carbons (Fsp3) is 0.250. The lowest BCUT2D eigenvalue weighted by atomic mass is 10.2. The molecule has 0 aliphatic heterocycles. The van der Waals surface area contributed by atoms with Crippen LogP contribution in [0, 0.1) is 6.92 Å². The molecule has 3 rings (SSSR count). The third-order valence-electron chi connectivity index (χ3n) is 2.87. The van der Waals surface area contributed by atoms with Crippen LogP contribution in [0.2, 0.25) is 0 Å². The number of nitrogens with two attached hydrogens (primary N) is 1. The van der Waals surface area contributed by atoms with E-state index in [4.69, 9.17) is 5.73 Å². The van der Waals surface area contributed by atoms with Gasteiger partial charge in [0.25, 0.3) is 0 Å². The lowest BCUT2D eigenvalue weighted by molar-refractivity contribution is 0.937. The SMILES string of the molecule is Cc1cc[nH]c1-c1csc2nc(CCN)cn12. The van der Waals surface area contributed by atoms with Gasteiger partial charge in [0.1, 0.15) is 0 Å². The Labute approximate surface area is 103 Å². The first-order chi connectivity index (χ1) is 8.29. The highest BCUT2D eigenvalue weighted by atomic mass is 32.1. The molecular formula is C12H14N4S. The second kappa shape index (κ2) is 4.01. The topological polar surface area (TPSA) is 59.1 Å². The summed E-state index contributed by atoms with van der Waals surface area (Å²) in [5.74, 6) is 0. The number of nitrogens with one attached hydrogen (secondary N) is 1. The van der Waals surface area contributed by atoms with Gasteiger partial charge in [-0.05, 0) is 25.1 Å². The van der Waals surface area contributed by atoms with E-state index in [1.807, 2.05) is 6.20 Å². The molecule has 0 saturated heterocycles. The zero-order valence-corrected chi connectivity index (χ0v) is 10.4. The van der Waals surface area contributed by atoms with Gasteiger partial charge < -0.3 is 10.7 Å². The summed E-state index contributed by atoms with van der Waals surface area (Å²) >= 11 is 1.66. The molecule has 0 unspecified atom stereocenters. The molecule has 0 fully saturated rings. The molecule has 3 aromatic rings. The number of fused-ring (bicyclic) bond motifs is 1. The van der Waals surface area contributed by atoms with E-state index in [2.05, 4.69) is 38.9 Å². The molecule has 0 amide bonds. The zero-order chi connectivity index (χ0) is 11.8. The Hall–Kier alpha value is -1.59. The maximum absolute atomic E-state index is 5.56. The predicted octanol–water partition coefficient (Wildman–Crippen LogP) is 2.20. The third-order valence-corrected chi connectivity index (χ3v) is 3.71. The van der Waals surface area contributed by atoms with Gasteiger partial charge in [-0.1, -0.05) is 0 Å². The number of aromatic amines is 1. The van der Waals surface area contributed by atoms with E-state index < -0.39 is 0 Å². The Morgan fingerprint density at radius 3 is 3.12 bits per heavy atom. The van der Waals surface area contributed by atoms with Crippen molar-refractivity contribution in [3.05, 3.63) is 35.1 Å². The molecule has 0 radical (unpaired) electrons. The van der Waals surface area contributed by atoms with E-state index in [0.29, 0.717) is 6.54 Å². The van der Waals surface area contributed by atoms with Crippen molar-refractivity contribution >= 4 is 16.3 Å². The molecule has 3 N–H and O–H groups in total. The largest absolute Gasteiger partial charge is 0.360 e. The number of aryl methyl sites for hydroxylation is 1. The van der Waals surface area contributed by atoms with Gasteiger partial charge in [0.2, 0.25) is 0 Å². The maximum atomic E-state index is 5.56. The van der Waals surface area contributed by atoms with Crippen LogP contribution in [-0.2, 0) is 6.42 Å². The fourth-order valence-corrected chi connectivity index (χ4v) is 2.88. The smallest absolute Gasteiger partial charge is 0.194 e. The van der Waals surface area contributed by atoms with E-state index in [-0.39, 0.29) is 0 Å². The molecular weight excluding hydrogens is 232 g/mol. The van der Waals surface area contributed by atoms with Gasteiger partial charge in [-0.3, -0.25) is 4.40 Å². The molecule has 0 atom stereocenters. The molecule has 3 heterocycles. The molecule has 5 heteroatoms. The number of thiazole rings is 1. The molecule has 0 aromatic carbocycles. The van der Waals surface area contributed by atoms with E-state index in [1.165, 1.54) is 11.3 Å². The maximum Gasteiger partial charge on any atom is 0.194 e. The van der Waals surface area contributed by atoms with Crippen LogP contribution in [-0.4, -0.2) is 20.9 Å². The highest BCUT2D eigenvalue weighted by Gasteiger charge is 2.11. The van der Waals surface area contributed by atoms with Crippen LogP contribution in [0.15, 0.2) is 23.8 Å². The summed E-state index contributed by atoms with van der Waals surface area (Å²) in [6.07, 6.45) is 4.87. The zero-order valence-electron chi connectivity index (χ0n) is 9.60. The van der Waals surface area contributed by atoms with Crippen molar-refractivity contribution in [3.63, 3.8) is 0 Å². The van der Waals surface area contributed by atoms with Crippen molar-refractivity contribution in [2.45, 2.75) is 13.3 Å². The lowest BCUT2D eigenvalue weighted by Gasteiger charge is -1.98. The number of hydrogen-bond donors (Lipinski definition) is 2. The molecule has 3 aromatic heterocycles. The monoisotopic (exact) mass is 246 g/mol. The van der Waals surface area contributed by atoms with E-state index in [0.717, 1.165) is 22.8 Å². The van der Waals surface area contributed by atoms with Crippen molar-refractivity contribution < 1.29 is 0 Å². The van der Waals surface area contributed by atoms with Crippen molar-refractivity contribution in [1.82, 2.24) is 14.4 Å². The van der Waals surface area contributed by atoms with Crippen LogP contribution in [0.3, 0.4) is 0 Å². The van der Waals surface area contributed by atoms with Gasteiger partial charge in [-0.25, -0.2) is 4.98 Å². The van der Waals surface area contributed by atoms with Crippen molar-refractivity contribution in [3.8, 4) is 11.4 Å². The van der Waals surface area contributed by atoms with Gasteiger partial charge in [0, 0.05) is 24.2 Å². The minimum absolute atomic E-state index is 0.641. The average molecular weight is 246 g/mol. The Kier molecular flexibility index (Phi) is 2.49. The standard InChI is InChI=1S/C12H14N4S/c1-8-3-5-14-11(8)10-7-17-12-15-9(2-4-13)6-16(10)12/h3,5-7,14H,2,4,13H2,1H3. The molecule has 0 saturated carbocycles. The summed E-state index contributed by atoms with van der Waals surface area (Å²) in [6.45, 7) is 2.74. The summed E-state index contributed by atoms with van der Waals surface area (Å²) in [4.78, 5) is 8.85. The highest BCUT2D eigenvalue weighted by molar-refractivity contribution is 7.15. The normalized spacial score (nSPS) is 11.4. The summed E-state index contributed by atoms with van der Waals surface area (Å²) in [5.41, 5.74) is 10.2. The van der Waals surface area contributed by atoms with Crippen LogP contribution in [0.25, 0.3) is 16.3 Å². The molecule has 4 nitrogen and oxygen atoms in total. The number of nitrogens with zero attached hydrogens (tertiary/aromatic N) is 2. The van der Waals surface area contributed by atoms with Gasteiger partial charge in [0.05, 0.1) is 17.1 Å². The van der Waals surface area contributed by atoms with Crippen LogP contribution in [0.1, 0.15) is 11.3 Å².